The molecule has 2 N–H and O–H groups in total. The van der Waals surface area contributed by atoms with Crippen LogP contribution in [0.2, 0.25) is 0 Å². The van der Waals surface area contributed by atoms with E-state index in [0.717, 1.165) is 5.56 Å². The van der Waals surface area contributed by atoms with Crippen LogP contribution in [-0.4, -0.2) is 37.0 Å². The van der Waals surface area contributed by atoms with Crippen molar-refractivity contribution in [2.24, 2.45) is 5.92 Å². The molecular formula is C20H30N2O4. The van der Waals surface area contributed by atoms with E-state index < -0.39 is 5.97 Å². The molecule has 1 aromatic carbocycles. The highest BCUT2D eigenvalue weighted by Crippen LogP contribution is 2.22. The number of rotatable bonds is 7. The van der Waals surface area contributed by atoms with Crippen LogP contribution in [0.4, 0.5) is 0 Å². The lowest BCUT2D eigenvalue weighted by atomic mass is 9.87. The van der Waals surface area contributed by atoms with Crippen LogP contribution in [0, 0.1) is 5.92 Å². The number of amides is 2. The largest absolute Gasteiger partial charge is 0.454 e. The first-order chi connectivity index (χ1) is 12.0. The van der Waals surface area contributed by atoms with Crippen LogP contribution in [-0.2, 0) is 19.7 Å². The molecule has 0 saturated heterocycles. The van der Waals surface area contributed by atoms with Gasteiger partial charge in [0.25, 0.3) is 11.8 Å². The highest BCUT2D eigenvalue weighted by Gasteiger charge is 2.16. The van der Waals surface area contributed by atoms with E-state index in [2.05, 4.69) is 31.4 Å². The molecular weight excluding hydrogens is 332 g/mol. The van der Waals surface area contributed by atoms with Crippen molar-refractivity contribution in [3.8, 4) is 0 Å². The topological polar surface area (TPSA) is 84.5 Å². The molecule has 2 amide bonds. The van der Waals surface area contributed by atoms with Crippen LogP contribution in [0.15, 0.2) is 24.3 Å². The summed E-state index contributed by atoms with van der Waals surface area (Å²) in [6.07, 6.45) is 0. The lowest BCUT2D eigenvalue weighted by Crippen LogP contribution is -2.39. The Morgan fingerprint density at radius 2 is 1.62 bits per heavy atom. The number of esters is 1. The Balaban J connectivity index is 2.40. The van der Waals surface area contributed by atoms with Crippen molar-refractivity contribution in [1.29, 1.82) is 0 Å². The maximum Gasteiger partial charge on any atom is 0.325 e. The fourth-order valence-electron chi connectivity index (χ4n) is 2.04. The Hall–Kier alpha value is -2.37. The van der Waals surface area contributed by atoms with Crippen LogP contribution in [0.1, 0.15) is 57.5 Å². The van der Waals surface area contributed by atoms with Gasteiger partial charge < -0.3 is 15.4 Å². The lowest BCUT2D eigenvalue weighted by molar-refractivity contribution is -0.147. The first-order valence-corrected chi connectivity index (χ1v) is 8.84. The molecule has 1 atom stereocenters. The van der Waals surface area contributed by atoms with Gasteiger partial charge in [-0.2, -0.15) is 0 Å². The minimum Gasteiger partial charge on any atom is -0.454 e. The fourth-order valence-corrected chi connectivity index (χ4v) is 2.04. The predicted molar refractivity (Wildman–Crippen MR) is 101 cm³/mol. The van der Waals surface area contributed by atoms with E-state index >= 15 is 0 Å². The first-order valence-electron chi connectivity index (χ1n) is 8.84. The van der Waals surface area contributed by atoms with Gasteiger partial charge in [0.1, 0.15) is 6.54 Å². The molecule has 1 aromatic rings. The minimum atomic E-state index is -0.656. The maximum absolute atomic E-state index is 12.1. The van der Waals surface area contributed by atoms with Gasteiger partial charge in [-0.3, -0.25) is 14.4 Å². The van der Waals surface area contributed by atoms with Crippen molar-refractivity contribution in [3.05, 3.63) is 35.4 Å². The normalized spacial score (nSPS) is 12.4. The van der Waals surface area contributed by atoms with Gasteiger partial charge in [-0.1, -0.05) is 46.8 Å². The van der Waals surface area contributed by atoms with Gasteiger partial charge in [0.05, 0.1) is 0 Å². The molecule has 26 heavy (non-hydrogen) atoms. The number of carbonyl (C=O) groups is 3. The molecule has 1 rings (SSSR count). The van der Waals surface area contributed by atoms with E-state index in [0.29, 0.717) is 11.5 Å². The van der Waals surface area contributed by atoms with E-state index in [1.807, 2.05) is 32.9 Å². The summed E-state index contributed by atoms with van der Waals surface area (Å²) in [7, 11) is 0. The molecule has 0 bridgehead atoms. The second-order valence-corrected chi connectivity index (χ2v) is 7.77. The molecule has 144 valence electrons. The molecule has 0 heterocycles. The average molecular weight is 362 g/mol. The summed E-state index contributed by atoms with van der Waals surface area (Å²) in [6.45, 7) is 11.5. The van der Waals surface area contributed by atoms with Gasteiger partial charge in [0.2, 0.25) is 0 Å². The summed E-state index contributed by atoms with van der Waals surface area (Å²) < 4.78 is 4.87. The Labute approximate surface area is 155 Å². The van der Waals surface area contributed by atoms with Gasteiger partial charge >= 0.3 is 5.97 Å². The molecule has 0 aliphatic heterocycles. The molecule has 0 fully saturated rings. The smallest absolute Gasteiger partial charge is 0.325 e. The highest BCUT2D eigenvalue weighted by molar-refractivity contribution is 5.96. The summed E-state index contributed by atoms with van der Waals surface area (Å²) in [5.41, 5.74) is 1.59. The number of benzene rings is 1. The Morgan fingerprint density at radius 3 is 2.12 bits per heavy atom. The van der Waals surface area contributed by atoms with Crippen molar-refractivity contribution in [2.75, 3.05) is 13.2 Å². The molecule has 0 saturated carbocycles. The minimum absolute atomic E-state index is 0.00280. The van der Waals surface area contributed by atoms with Crippen LogP contribution < -0.4 is 10.6 Å². The summed E-state index contributed by atoms with van der Waals surface area (Å²) in [4.78, 5) is 35.4. The number of ether oxygens (including phenoxy) is 1. The molecule has 0 aromatic heterocycles. The highest BCUT2D eigenvalue weighted by atomic mass is 16.5. The van der Waals surface area contributed by atoms with Crippen LogP contribution in [0.3, 0.4) is 0 Å². The zero-order valence-corrected chi connectivity index (χ0v) is 16.5. The fraction of sp³-hybridized carbons (Fsp3) is 0.550. The molecule has 0 aliphatic carbocycles. The predicted octanol–water partition coefficient (Wildman–Crippen LogP) is 2.42. The van der Waals surface area contributed by atoms with Crippen molar-refractivity contribution >= 4 is 17.8 Å². The molecule has 0 radical (unpaired) electrons. The lowest BCUT2D eigenvalue weighted by Gasteiger charge is -2.19. The number of hydrogen-bond acceptors (Lipinski definition) is 4. The quantitative estimate of drug-likeness (QED) is 0.730. The standard InChI is InChI=1S/C20H30N2O4/c1-13(2)14(3)22-17(23)12-26-18(24)11-21-19(25)15-7-9-16(10-8-15)20(4,5)6/h7-10,13-14H,11-12H2,1-6H3,(H,21,25)(H,22,23). The third-order valence-electron chi connectivity index (χ3n) is 4.16. The summed E-state index contributed by atoms with van der Waals surface area (Å²) in [5.74, 6) is -1.08. The van der Waals surface area contributed by atoms with Gasteiger partial charge in [-0.25, -0.2) is 0 Å². The molecule has 0 spiro atoms. The Bertz CT molecular complexity index is 630. The van der Waals surface area contributed by atoms with Gasteiger partial charge in [-0.05, 0) is 36.0 Å². The van der Waals surface area contributed by atoms with Crippen LogP contribution in [0.5, 0.6) is 0 Å². The zero-order valence-electron chi connectivity index (χ0n) is 16.5. The molecule has 1 unspecified atom stereocenters. The van der Waals surface area contributed by atoms with Crippen molar-refractivity contribution in [2.45, 2.75) is 53.0 Å². The zero-order chi connectivity index (χ0) is 19.9. The van der Waals surface area contributed by atoms with Gasteiger partial charge in [-0.15, -0.1) is 0 Å². The second-order valence-electron chi connectivity index (χ2n) is 7.77. The molecule has 6 heteroatoms. The first kappa shape index (κ1) is 21.7. The number of hydrogen-bond donors (Lipinski definition) is 2. The van der Waals surface area contributed by atoms with Crippen LogP contribution in [0.25, 0.3) is 0 Å². The Morgan fingerprint density at radius 1 is 1.04 bits per heavy atom. The van der Waals surface area contributed by atoms with Crippen molar-refractivity contribution in [1.82, 2.24) is 10.6 Å². The van der Waals surface area contributed by atoms with Gasteiger partial charge in [0.15, 0.2) is 6.61 Å². The monoisotopic (exact) mass is 362 g/mol. The SMILES string of the molecule is CC(C)C(C)NC(=O)COC(=O)CNC(=O)c1ccc(C(C)(C)C)cc1. The van der Waals surface area contributed by atoms with Crippen LogP contribution >= 0.6 is 0 Å². The van der Waals surface area contributed by atoms with E-state index in [9.17, 15) is 14.4 Å². The Kier molecular flexibility index (Phi) is 7.80. The number of carbonyl (C=O) groups excluding carboxylic acids is 3. The van der Waals surface area contributed by atoms with E-state index in [1.54, 1.807) is 12.1 Å². The third-order valence-corrected chi connectivity index (χ3v) is 4.16. The maximum atomic E-state index is 12.1. The second kappa shape index (κ2) is 9.36. The van der Waals surface area contributed by atoms with Crippen molar-refractivity contribution in [3.63, 3.8) is 0 Å². The van der Waals surface area contributed by atoms with Gasteiger partial charge in [0, 0.05) is 11.6 Å². The summed E-state index contributed by atoms with van der Waals surface area (Å²) in [6, 6.07) is 7.24. The van der Waals surface area contributed by atoms with Crippen molar-refractivity contribution < 1.29 is 19.1 Å². The average Bonchev–Trinajstić information content (AvgIpc) is 2.57. The van der Waals surface area contributed by atoms with E-state index in [1.165, 1.54) is 0 Å². The third kappa shape index (κ3) is 7.25. The summed E-state index contributed by atoms with van der Waals surface area (Å²) in [5, 5.41) is 5.23. The van der Waals surface area contributed by atoms with E-state index in [-0.39, 0.29) is 36.4 Å². The number of nitrogens with one attached hydrogen (secondary N) is 2. The molecule has 0 aliphatic rings. The van der Waals surface area contributed by atoms with E-state index in [4.69, 9.17) is 4.74 Å². The summed E-state index contributed by atoms with van der Waals surface area (Å²) >= 11 is 0. The molecule has 6 nitrogen and oxygen atoms in total.